The van der Waals surface area contributed by atoms with Crippen LogP contribution in [0.25, 0.3) is 21.7 Å². The summed E-state index contributed by atoms with van der Waals surface area (Å²) in [6, 6.07) is 10.2. The molecule has 1 N–H and O–H groups in total. The number of fused-ring (bicyclic) bond motifs is 3. The number of hydrogen-bond acceptors (Lipinski definition) is 2. The summed E-state index contributed by atoms with van der Waals surface area (Å²) >= 11 is 6.42. The van der Waals surface area contributed by atoms with Gasteiger partial charge in [-0.25, -0.2) is 0 Å². The van der Waals surface area contributed by atoms with Gasteiger partial charge in [-0.2, -0.15) is 0 Å². The van der Waals surface area contributed by atoms with E-state index < -0.39 is 0 Å². The van der Waals surface area contributed by atoms with E-state index in [1.54, 1.807) is 0 Å². The highest BCUT2D eigenvalue weighted by atomic mass is 35.5. The zero-order chi connectivity index (χ0) is 14.1. The molecule has 0 aliphatic carbocycles. The van der Waals surface area contributed by atoms with Crippen LogP contribution in [0.5, 0.6) is 0 Å². The quantitative estimate of drug-likeness (QED) is 0.737. The van der Waals surface area contributed by atoms with Crippen LogP contribution in [-0.2, 0) is 13.0 Å². The first-order valence-corrected chi connectivity index (χ1v) is 7.46. The molecule has 0 atom stereocenters. The van der Waals surface area contributed by atoms with Crippen LogP contribution in [0.4, 0.5) is 0 Å². The minimum Gasteiger partial charge on any atom is -0.459 e. The third kappa shape index (κ3) is 2.09. The van der Waals surface area contributed by atoms with E-state index in [4.69, 9.17) is 16.0 Å². The van der Waals surface area contributed by atoms with E-state index >= 15 is 0 Å². The highest BCUT2D eigenvalue weighted by Crippen LogP contribution is 2.36. The third-order valence-corrected chi connectivity index (χ3v) is 4.03. The first-order valence-electron chi connectivity index (χ1n) is 7.08. The minimum absolute atomic E-state index is 0.764. The lowest BCUT2D eigenvalue weighted by Gasteiger charge is -2.02. The van der Waals surface area contributed by atoms with Crippen LogP contribution in [0.15, 0.2) is 34.7 Å². The molecule has 104 valence electrons. The van der Waals surface area contributed by atoms with Gasteiger partial charge in [0.05, 0.1) is 6.54 Å². The predicted molar refractivity (Wildman–Crippen MR) is 85.5 cm³/mol. The molecule has 0 aliphatic rings. The zero-order valence-corrected chi connectivity index (χ0v) is 12.6. The molecule has 1 heterocycles. The molecule has 0 spiro atoms. The number of aryl methyl sites for hydroxylation is 1. The summed E-state index contributed by atoms with van der Waals surface area (Å²) in [6.45, 7) is 5.95. The molecule has 3 heteroatoms. The lowest BCUT2D eigenvalue weighted by atomic mass is 10.0. The fraction of sp³-hybridized carbons (Fsp3) is 0.294. The molecule has 3 aromatic rings. The number of halogens is 1. The average molecular weight is 288 g/mol. The standard InChI is InChI=1S/C17H18ClNO/c1-3-11-14-9-15(18)12-7-5-6-8-13(12)17(14)20-16(11)10-19-4-2/h5-9,19H,3-4,10H2,1-2H3. The molecule has 0 saturated carbocycles. The Morgan fingerprint density at radius 3 is 2.55 bits per heavy atom. The van der Waals surface area contributed by atoms with Gasteiger partial charge in [-0.05, 0) is 19.0 Å². The number of nitrogens with one attached hydrogen (secondary N) is 1. The fourth-order valence-corrected chi connectivity index (χ4v) is 3.02. The smallest absolute Gasteiger partial charge is 0.142 e. The summed E-state index contributed by atoms with van der Waals surface area (Å²) < 4.78 is 6.14. The van der Waals surface area contributed by atoms with E-state index in [1.807, 2.05) is 24.3 Å². The van der Waals surface area contributed by atoms with Gasteiger partial charge < -0.3 is 9.73 Å². The Labute approximate surface area is 123 Å². The molecule has 0 unspecified atom stereocenters. The van der Waals surface area contributed by atoms with Crippen molar-refractivity contribution in [1.29, 1.82) is 0 Å². The largest absolute Gasteiger partial charge is 0.459 e. The van der Waals surface area contributed by atoms with Crippen molar-refractivity contribution in [3.05, 3.63) is 46.7 Å². The van der Waals surface area contributed by atoms with E-state index in [-0.39, 0.29) is 0 Å². The first-order chi connectivity index (χ1) is 9.76. The Morgan fingerprint density at radius 1 is 1.10 bits per heavy atom. The van der Waals surface area contributed by atoms with Crippen LogP contribution < -0.4 is 5.32 Å². The molecule has 3 rings (SSSR count). The summed E-state index contributed by atoms with van der Waals surface area (Å²) in [5, 5.41) is 7.41. The van der Waals surface area contributed by atoms with Gasteiger partial charge in [-0.3, -0.25) is 0 Å². The van der Waals surface area contributed by atoms with Crippen LogP contribution in [-0.4, -0.2) is 6.54 Å². The highest BCUT2D eigenvalue weighted by molar-refractivity contribution is 6.37. The highest BCUT2D eigenvalue weighted by Gasteiger charge is 2.16. The molecule has 2 aromatic carbocycles. The lowest BCUT2D eigenvalue weighted by molar-refractivity contribution is 0.516. The van der Waals surface area contributed by atoms with Gasteiger partial charge >= 0.3 is 0 Å². The van der Waals surface area contributed by atoms with Gasteiger partial charge in [0.25, 0.3) is 0 Å². The average Bonchev–Trinajstić information content (AvgIpc) is 2.83. The molecule has 0 bridgehead atoms. The van der Waals surface area contributed by atoms with Crippen LogP contribution in [0.2, 0.25) is 5.02 Å². The number of benzene rings is 2. The first kappa shape index (κ1) is 13.5. The van der Waals surface area contributed by atoms with Gasteiger partial charge in [0, 0.05) is 26.7 Å². The van der Waals surface area contributed by atoms with E-state index in [9.17, 15) is 0 Å². The van der Waals surface area contributed by atoms with Crippen LogP contribution in [0, 0.1) is 0 Å². The van der Waals surface area contributed by atoms with Gasteiger partial charge in [-0.1, -0.05) is 49.7 Å². The van der Waals surface area contributed by atoms with Gasteiger partial charge in [0.15, 0.2) is 0 Å². The zero-order valence-electron chi connectivity index (χ0n) is 11.8. The number of rotatable bonds is 4. The van der Waals surface area contributed by atoms with E-state index in [2.05, 4.69) is 25.2 Å². The molecular formula is C17H18ClNO. The van der Waals surface area contributed by atoms with E-state index in [0.29, 0.717) is 0 Å². The van der Waals surface area contributed by atoms with Crippen molar-refractivity contribution in [3.8, 4) is 0 Å². The maximum Gasteiger partial charge on any atom is 0.142 e. The summed E-state index contributed by atoms with van der Waals surface area (Å²) in [6.07, 6.45) is 0.947. The molecule has 0 radical (unpaired) electrons. The number of furan rings is 1. The van der Waals surface area contributed by atoms with Crippen molar-refractivity contribution in [2.75, 3.05) is 6.54 Å². The Bertz CT molecular complexity index is 760. The molecule has 20 heavy (non-hydrogen) atoms. The molecule has 1 aromatic heterocycles. The minimum atomic E-state index is 0.764. The van der Waals surface area contributed by atoms with Crippen molar-refractivity contribution < 1.29 is 4.42 Å². The van der Waals surface area contributed by atoms with Gasteiger partial charge in [-0.15, -0.1) is 0 Å². The lowest BCUT2D eigenvalue weighted by Crippen LogP contribution is -2.12. The Balaban J connectivity index is 2.32. The van der Waals surface area contributed by atoms with Gasteiger partial charge in [0.2, 0.25) is 0 Å². The summed E-state index contributed by atoms with van der Waals surface area (Å²) in [4.78, 5) is 0. The normalized spacial score (nSPS) is 11.6. The van der Waals surface area contributed by atoms with E-state index in [1.165, 1.54) is 5.56 Å². The second-order valence-electron chi connectivity index (χ2n) is 4.92. The Morgan fingerprint density at radius 2 is 1.85 bits per heavy atom. The van der Waals surface area contributed by atoms with Gasteiger partial charge in [0.1, 0.15) is 11.3 Å². The molecular weight excluding hydrogens is 270 g/mol. The maximum absolute atomic E-state index is 6.42. The molecule has 0 amide bonds. The van der Waals surface area contributed by atoms with Crippen LogP contribution in [0.1, 0.15) is 25.2 Å². The third-order valence-electron chi connectivity index (χ3n) is 3.72. The summed E-state index contributed by atoms with van der Waals surface area (Å²) in [7, 11) is 0. The predicted octanol–water partition coefficient (Wildman–Crippen LogP) is 4.91. The molecule has 2 nitrogen and oxygen atoms in total. The van der Waals surface area contributed by atoms with Crippen molar-refractivity contribution in [2.24, 2.45) is 0 Å². The maximum atomic E-state index is 6.42. The second kappa shape index (κ2) is 5.47. The van der Waals surface area contributed by atoms with Crippen molar-refractivity contribution in [3.63, 3.8) is 0 Å². The summed E-state index contributed by atoms with van der Waals surface area (Å²) in [5.41, 5.74) is 2.21. The second-order valence-corrected chi connectivity index (χ2v) is 5.33. The fourth-order valence-electron chi connectivity index (χ4n) is 2.74. The van der Waals surface area contributed by atoms with Crippen LogP contribution >= 0.6 is 11.6 Å². The summed E-state index contributed by atoms with van der Waals surface area (Å²) in [5.74, 6) is 1.02. The monoisotopic (exact) mass is 287 g/mol. The topological polar surface area (TPSA) is 25.2 Å². The number of hydrogen-bond donors (Lipinski definition) is 1. The van der Waals surface area contributed by atoms with Crippen LogP contribution in [0.3, 0.4) is 0 Å². The molecule has 0 fully saturated rings. The molecule has 0 saturated heterocycles. The van der Waals surface area contributed by atoms with Crippen molar-refractivity contribution in [2.45, 2.75) is 26.8 Å². The SMILES string of the molecule is CCNCc1oc2c(cc(Cl)c3ccccc32)c1CC. The van der Waals surface area contributed by atoms with Crippen molar-refractivity contribution >= 4 is 33.3 Å². The molecule has 0 aliphatic heterocycles. The Kier molecular flexibility index (Phi) is 3.68. The van der Waals surface area contributed by atoms with Crippen molar-refractivity contribution in [1.82, 2.24) is 5.32 Å². The van der Waals surface area contributed by atoms with E-state index in [0.717, 1.165) is 52.0 Å². The Hall–Kier alpha value is -1.51.